The van der Waals surface area contributed by atoms with Crippen LogP contribution in [0.1, 0.15) is 79.4 Å². The highest BCUT2D eigenvalue weighted by Gasteiger charge is 2.42. The first kappa shape index (κ1) is 38.8. The van der Waals surface area contributed by atoms with Crippen molar-refractivity contribution < 1.29 is 19.1 Å². The Morgan fingerprint density at radius 3 is 1.27 bits per heavy atom. The molecule has 2 N–H and O–H groups in total. The van der Waals surface area contributed by atoms with Crippen LogP contribution < -0.4 is 20.1 Å². The summed E-state index contributed by atoms with van der Waals surface area (Å²) in [7, 11) is 3.41. The Balaban J connectivity index is 1.71. The molecule has 1 aliphatic carbocycles. The van der Waals surface area contributed by atoms with Crippen LogP contribution in [0.5, 0.6) is 11.5 Å². The minimum absolute atomic E-state index is 0.0812. The zero-order valence-electron chi connectivity index (χ0n) is 31.2. The summed E-state index contributed by atoms with van der Waals surface area (Å²) in [5.74, 6) is 1.62. The molecule has 2 aromatic carbocycles. The Kier molecular flexibility index (Phi) is 14.3. The van der Waals surface area contributed by atoms with Gasteiger partial charge in [-0.25, -0.2) is 0 Å². The fourth-order valence-electron chi connectivity index (χ4n) is 6.35. The standard InChI is InChI=1S/C40H60N4O4/c1-11-43(27-29-19-13-15-21-31(29)47-9)25-17-23-41-35-33(39(3,4)5)38(46)36(34(37(35)45)40(6,7)8)42-24-18-26-44(12-2)28-30-20-14-16-22-32(30)48-10/h13-16,19-22,41-42H,11-12,17-18,23-28H2,1-10H3. The number of rotatable bonds is 18. The molecule has 2 aromatic rings. The van der Waals surface area contributed by atoms with E-state index in [1.165, 1.54) is 0 Å². The van der Waals surface area contributed by atoms with Gasteiger partial charge in [-0.05, 0) is 48.9 Å². The molecule has 0 saturated heterocycles. The summed E-state index contributed by atoms with van der Waals surface area (Å²) in [6.45, 7) is 22.6. The van der Waals surface area contributed by atoms with Gasteiger partial charge < -0.3 is 20.1 Å². The maximum Gasteiger partial charge on any atom is 0.208 e. The van der Waals surface area contributed by atoms with Crippen LogP contribution in [0.4, 0.5) is 0 Å². The van der Waals surface area contributed by atoms with Crippen molar-refractivity contribution in [3.63, 3.8) is 0 Å². The molecule has 0 bridgehead atoms. The molecule has 0 spiro atoms. The molecule has 8 heteroatoms. The number of methoxy groups -OCH3 is 2. The number of ether oxygens (including phenoxy) is 2. The van der Waals surface area contributed by atoms with E-state index in [0.717, 1.165) is 74.7 Å². The Hall–Kier alpha value is -3.62. The van der Waals surface area contributed by atoms with Gasteiger partial charge in [0.15, 0.2) is 0 Å². The van der Waals surface area contributed by atoms with Crippen LogP contribution in [-0.2, 0) is 22.7 Å². The van der Waals surface area contributed by atoms with Crippen molar-refractivity contribution in [2.45, 2.75) is 81.3 Å². The number of benzene rings is 2. The number of nitrogens with one attached hydrogen (secondary N) is 2. The molecular formula is C40H60N4O4. The maximum atomic E-state index is 14.3. The van der Waals surface area contributed by atoms with Gasteiger partial charge in [0.25, 0.3) is 0 Å². The van der Waals surface area contributed by atoms with Gasteiger partial charge in [-0.1, -0.05) is 91.8 Å². The fourth-order valence-corrected chi connectivity index (χ4v) is 6.35. The third-order valence-corrected chi connectivity index (χ3v) is 8.88. The van der Waals surface area contributed by atoms with Crippen molar-refractivity contribution in [3.05, 3.63) is 82.2 Å². The molecule has 0 radical (unpaired) electrons. The molecule has 8 nitrogen and oxygen atoms in total. The Bertz CT molecular complexity index is 1340. The van der Waals surface area contributed by atoms with Crippen molar-refractivity contribution in [1.29, 1.82) is 0 Å². The molecule has 0 fully saturated rings. The van der Waals surface area contributed by atoms with E-state index in [1.54, 1.807) is 14.2 Å². The number of hydrogen-bond donors (Lipinski definition) is 2. The molecule has 3 rings (SSSR count). The lowest BCUT2D eigenvalue weighted by Gasteiger charge is -2.35. The van der Waals surface area contributed by atoms with Gasteiger partial charge in [0.1, 0.15) is 11.5 Å². The van der Waals surface area contributed by atoms with E-state index in [1.807, 2.05) is 77.9 Å². The zero-order chi connectivity index (χ0) is 35.5. The average molecular weight is 661 g/mol. The van der Waals surface area contributed by atoms with Gasteiger partial charge in [0, 0.05) is 61.5 Å². The number of allylic oxidation sites excluding steroid dienone is 2. The lowest BCUT2D eigenvalue weighted by atomic mass is 9.71. The molecule has 48 heavy (non-hydrogen) atoms. The topological polar surface area (TPSA) is 83.1 Å². The smallest absolute Gasteiger partial charge is 0.208 e. The molecule has 0 heterocycles. The van der Waals surface area contributed by atoms with Gasteiger partial charge >= 0.3 is 0 Å². The molecule has 0 amide bonds. The number of carbonyl (C=O) groups excluding carboxylic acids is 2. The van der Waals surface area contributed by atoms with Gasteiger partial charge in [0.05, 0.1) is 25.6 Å². The van der Waals surface area contributed by atoms with E-state index >= 15 is 0 Å². The third kappa shape index (κ3) is 10.2. The number of Topliss-reactive ketones (excluding diaryl/α,β-unsaturated/α-hetero) is 2. The molecule has 0 unspecified atom stereocenters. The van der Waals surface area contributed by atoms with E-state index < -0.39 is 10.8 Å². The summed E-state index contributed by atoms with van der Waals surface area (Å²) in [6.07, 6.45) is 1.65. The quantitative estimate of drug-likeness (QED) is 0.134. The number of para-hydroxylation sites is 2. The normalized spacial score (nSPS) is 14.3. The van der Waals surface area contributed by atoms with Crippen LogP contribution in [-0.4, -0.2) is 74.9 Å². The van der Waals surface area contributed by atoms with Crippen molar-refractivity contribution in [3.8, 4) is 11.5 Å². The van der Waals surface area contributed by atoms with E-state index in [2.05, 4.69) is 46.4 Å². The predicted molar refractivity (Wildman–Crippen MR) is 196 cm³/mol. The second-order valence-electron chi connectivity index (χ2n) is 14.6. The van der Waals surface area contributed by atoms with Gasteiger partial charge in [-0.15, -0.1) is 0 Å². The minimum Gasteiger partial charge on any atom is -0.496 e. The molecule has 0 saturated carbocycles. The first-order valence-electron chi connectivity index (χ1n) is 17.5. The maximum absolute atomic E-state index is 14.3. The van der Waals surface area contributed by atoms with Crippen molar-refractivity contribution in [2.75, 3.05) is 53.5 Å². The Labute approximate surface area is 289 Å². The Morgan fingerprint density at radius 1 is 0.604 bits per heavy atom. The number of nitrogens with zero attached hydrogens (tertiary/aromatic N) is 2. The Morgan fingerprint density at radius 2 is 0.958 bits per heavy atom. The highest BCUT2D eigenvalue weighted by molar-refractivity contribution is 6.25. The van der Waals surface area contributed by atoms with Crippen LogP contribution in [0.2, 0.25) is 0 Å². The van der Waals surface area contributed by atoms with Crippen molar-refractivity contribution >= 4 is 11.6 Å². The largest absolute Gasteiger partial charge is 0.496 e. The summed E-state index contributed by atoms with van der Waals surface area (Å²) in [5.41, 5.74) is 3.27. The van der Waals surface area contributed by atoms with Crippen LogP contribution in [0.25, 0.3) is 0 Å². The zero-order valence-corrected chi connectivity index (χ0v) is 31.2. The van der Waals surface area contributed by atoms with E-state index in [9.17, 15) is 9.59 Å². The fraction of sp³-hybridized carbons (Fsp3) is 0.550. The number of carbonyl (C=O) groups is 2. The summed E-state index contributed by atoms with van der Waals surface area (Å²) >= 11 is 0. The monoisotopic (exact) mass is 660 g/mol. The van der Waals surface area contributed by atoms with E-state index in [-0.39, 0.29) is 11.6 Å². The first-order chi connectivity index (χ1) is 22.8. The van der Waals surface area contributed by atoms with E-state index in [0.29, 0.717) is 35.6 Å². The molecular weight excluding hydrogens is 600 g/mol. The summed E-state index contributed by atoms with van der Waals surface area (Å²) in [6, 6.07) is 16.2. The summed E-state index contributed by atoms with van der Waals surface area (Å²) < 4.78 is 11.1. The second-order valence-corrected chi connectivity index (χ2v) is 14.6. The highest BCUT2D eigenvalue weighted by atomic mass is 16.5. The van der Waals surface area contributed by atoms with Gasteiger partial charge in [-0.2, -0.15) is 0 Å². The summed E-state index contributed by atoms with van der Waals surface area (Å²) in [4.78, 5) is 33.4. The minimum atomic E-state index is -0.515. The summed E-state index contributed by atoms with van der Waals surface area (Å²) in [5, 5.41) is 6.90. The van der Waals surface area contributed by atoms with E-state index in [4.69, 9.17) is 9.47 Å². The lowest BCUT2D eigenvalue weighted by molar-refractivity contribution is -0.118. The van der Waals surface area contributed by atoms with Crippen LogP contribution in [0.3, 0.4) is 0 Å². The average Bonchev–Trinajstić information content (AvgIpc) is 3.04. The molecule has 0 aromatic heterocycles. The van der Waals surface area contributed by atoms with Gasteiger partial charge in [0.2, 0.25) is 11.6 Å². The van der Waals surface area contributed by atoms with Crippen LogP contribution in [0, 0.1) is 10.8 Å². The SMILES string of the molecule is CCN(CCCNC1=C(C(C)(C)C)C(=O)C(NCCCN(CC)Cc2ccccc2OC)=C(C(C)(C)C)C1=O)Cc1ccccc1OC. The third-order valence-electron chi connectivity index (χ3n) is 8.88. The molecule has 264 valence electrons. The van der Waals surface area contributed by atoms with Crippen molar-refractivity contribution in [1.82, 2.24) is 20.4 Å². The molecule has 1 aliphatic rings. The number of ketones is 2. The predicted octanol–water partition coefficient (Wildman–Crippen LogP) is 6.76. The van der Waals surface area contributed by atoms with Gasteiger partial charge in [-0.3, -0.25) is 19.4 Å². The van der Waals surface area contributed by atoms with Crippen LogP contribution in [0.15, 0.2) is 71.1 Å². The van der Waals surface area contributed by atoms with Crippen LogP contribution >= 0.6 is 0 Å². The number of hydrogen-bond acceptors (Lipinski definition) is 8. The van der Waals surface area contributed by atoms with Crippen molar-refractivity contribution in [2.24, 2.45) is 10.8 Å². The molecule has 0 atom stereocenters. The second kappa shape index (κ2) is 17.7. The first-order valence-corrected chi connectivity index (χ1v) is 17.5. The lowest BCUT2D eigenvalue weighted by Crippen LogP contribution is -2.43. The molecule has 0 aliphatic heterocycles. The highest BCUT2D eigenvalue weighted by Crippen LogP contribution is 2.40.